The van der Waals surface area contributed by atoms with Crippen molar-refractivity contribution in [3.63, 3.8) is 0 Å². The van der Waals surface area contributed by atoms with Gasteiger partial charge in [0.1, 0.15) is 15.7 Å². The first kappa shape index (κ1) is 22.9. The normalized spacial score (nSPS) is 22.2. The fraction of sp³-hybridized carbons (Fsp3) is 0.526. The molecular weight excluding hydrogens is 472 g/mol. The first-order chi connectivity index (χ1) is 15.0. The van der Waals surface area contributed by atoms with Crippen LogP contribution < -0.4 is 4.90 Å². The fourth-order valence-corrected chi connectivity index (χ4v) is 6.33. The Morgan fingerprint density at radius 2 is 1.81 bits per heavy atom. The molecular formula is C19H20F4N4O3S2. The lowest BCUT2D eigenvalue weighted by molar-refractivity contribution is -0.141. The SMILES string of the molecule is O=C(C1CCS(=O)(=O)CC1)N1CCN(c2cnc(C(F)(F)F)cn2)CC1c1ccc(F)s1. The van der Waals surface area contributed by atoms with Crippen LogP contribution in [0.15, 0.2) is 24.5 Å². The Bertz CT molecular complexity index is 1070. The second-order valence-electron chi connectivity index (χ2n) is 7.82. The highest BCUT2D eigenvalue weighted by atomic mass is 32.2. The molecule has 0 spiro atoms. The van der Waals surface area contributed by atoms with E-state index in [0.717, 1.165) is 17.5 Å². The second-order valence-corrected chi connectivity index (χ2v) is 11.2. The summed E-state index contributed by atoms with van der Waals surface area (Å²) in [6.45, 7) is 0.757. The van der Waals surface area contributed by atoms with Gasteiger partial charge in [0.05, 0.1) is 29.9 Å². The van der Waals surface area contributed by atoms with Crippen LogP contribution in [0.4, 0.5) is 23.4 Å². The Morgan fingerprint density at radius 1 is 1.09 bits per heavy atom. The molecule has 0 bridgehead atoms. The highest BCUT2D eigenvalue weighted by molar-refractivity contribution is 7.91. The van der Waals surface area contributed by atoms with Gasteiger partial charge in [-0.3, -0.25) is 4.79 Å². The molecule has 1 atom stereocenters. The standard InChI is InChI=1S/C19H20F4N4O3S2/c20-16-2-1-14(31-16)13-11-26(17-10-24-15(9-25-17)19(21,22)23)5-6-27(13)18(28)12-3-7-32(29,30)8-4-12/h1-2,9-10,12-13H,3-8,11H2. The molecule has 2 aromatic heterocycles. The number of carbonyl (C=O) groups is 1. The van der Waals surface area contributed by atoms with Crippen molar-refractivity contribution in [2.45, 2.75) is 25.1 Å². The quantitative estimate of drug-likeness (QED) is 0.613. The van der Waals surface area contributed by atoms with Gasteiger partial charge in [-0.05, 0) is 25.0 Å². The number of hydrogen-bond donors (Lipinski definition) is 0. The molecule has 7 nitrogen and oxygen atoms in total. The van der Waals surface area contributed by atoms with Gasteiger partial charge >= 0.3 is 6.18 Å². The summed E-state index contributed by atoms with van der Waals surface area (Å²) < 4.78 is 75.5. The molecule has 0 aromatic carbocycles. The number of aromatic nitrogens is 2. The molecule has 4 heterocycles. The van der Waals surface area contributed by atoms with E-state index in [0.29, 0.717) is 17.6 Å². The topological polar surface area (TPSA) is 83.5 Å². The Morgan fingerprint density at radius 3 is 2.38 bits per heavy atom. The van der Waals surface area contributed by atoms with E-state index in [4.69, 9.17) is 0 Å². The van der Waals surface area contributed by atoms with Gasteiger partial charge in [0.25, 0.3) is 0 Å². The van der Waals surface area contributed by atoms with Crippen LogP contribution in [-0.2, 0) is 20.8 Å². The summed E-state index contributed by atoms with van der Waals surface area (Å²) in [4.78, 5) is 24.5. The van der Waals surface area contributed by atoms with Gasteiger partial charge in [0, 0.05) is 30.4 Å². The van der Waals surface area contributed by atoms with Crippen LogP contribution >= 0.6 is 11.3 Å². The van der Waals surface area contributed by atoms with Crippen molar-refractivity contribution >= 4 is 32.9 Å². The number of hydrogen-bond acceptors (Lipinski definition) is 7. The predicted octanol–water partition coefficient (Wildman–Crippen LogP) is 2.91. The molecule has 13 heteroatoms. The highest BCUT2D eigenvalue weighted by Crippen LogP contribution is 2.35. The maximum absolute atomic E-state index is 13.7. The van der Waals surface area contributed by atoms with Crippen molar-refractivity contribution in [1.29, 1.82) is 0 Å². The van der Waals surface area contributed by atoms with Gasteiger partial charge in [-0.1, -0.05) is 0 Å². The van der Waals surface area contributed by atoms with Crippen molar-refractivity contribution in [2.24, 2.45) is 5.92 Å². The van der Waals surface area contributed by atoms with E-state index in [9.17, 15) is 30.8 Å². The summed E-state index contributed by atoms with van der Waals surface area (Å²) in [6, 6.07) is 2.35. The van der Waals surface area contributed by atoms with E-state index in [1.165, 1.54) is 6.07 Å². The maximum atomic E-state index is 13.7. The summed E-state index contributed by atoms with van der Waals surface area (Å²) in [5, 5.41) is -0.414. The van der Waals surface area contributed by atoms with Crippen molar-refractivity contribution in [3.8, 4) is 0 Å². The summed E-state index contributed by atoms with van der Waals surface area (Å²) >= 11 is 0.897. The molecule has 174 valence electrons. The summed E-state index contributed by atoms with van der Waals surface area (Å²) in [5.74, 6) is -0.456. The lowest BCUT2D eigenvalue weighted by Gasteiger charge is -2.43. The van der Waals surface area contributed by atoms with Crippen LogP contribution in [-0.4, -0.2) is 60.3 Å². The Balaban J connectivity index is 1.55. The number of rotatable bonds is 3. The Kier molecular flexibility index (Phi) is 6.14. The third-order valence-corrected chi connectivity index (χ3v) is 8.43. The van der Waals surface area contributed by atoms with Crippen molar-refractivity contribution in [2.75, 3.05) is 36.0 Å². The number of carbonyl (C=O) groups excluding carboxylic acids is 1. The number of nitrogens with zero attached hydrogens (tertiary/aromatic N) is 4. The average molecular weight is 493 g/mol. The zero-order valence-corrected chi connectivity index (χ0v) is 18.4. The minimum atomic E-state index is -4.60. The molecule has 4 rings (SSSR count). The summed E-state index contributed by atoms with van der Waals surface area (Å²) in [6.07, 6.45) is -2.40. The maximum Gasteiger partial charge on any atom is 0.434 e. The number of thiophene rings is 1. The molecule has 2 aliphatic rings. The van der Waals surface area contributed by atoms with Gasteiger partial charge < -0.3 is 9.80 Å². The molecule has 0 radical (unpaired) electrons. The lowest BCUT2D eigenvalue weighted by atomic mass is 9.98. The van der Waals surface area contributed by atoms with Crippen LogP contribution in [0.1, 0.15) is 29.5 Å². The first-order valence-corrected chi connectivity index (χ1v) is 12.6. The van der Waals surface area contributed by atoms with Crippen molar-refractivity contribution in [3.05, 3.63) is 40.2 Å². The Labute approximate surface area is 186 Å². The largest absolute Gasteiger partial charge is 0.434 e. The zero-order valence-electron chi connectivity index (χ0n) is 16.8. The van der Waals surface area contributed by atoms with E-state index in [1.807, 2.05) is 0 Å². The molecule has 32 heavy (non-hydrogen) atoms. The molecule has 0 saturated carbocycles. The molecule has 2 aromatic rings. The van der Waals surface area contributed by atoms with E-state index >= 15 is 0 Å². The number of amides is 1. The summed E-state index contributed by atoms with van der Waals surface area (Å²) in [7, 11) is -3.12. The van der Waals surface area contributed by atoms with Crippen molar-refractivity contribution in [1.82, 2.24) is 14.9 Å². The molecule has 1 amide bonds. The third kappa shape index (κ3) is 4.87. The minimum absolute atomic E-state index is 0.0389. The second kappa shape index (κ2) is 8.58. The smallest absolute Gasteiger partial charge is 0.351 e. The van der Waals surface area contributed by atoms with Gasteiger partial charge in [-0.25, -0.2) is 18.4 Å². The number of sulfone groups is 1. The van der Waals surface area contributed by atoms with Gasteiger partial charge in [-0.15, -0.1) is 11.3 Å². The van der Waals surface area contributed by atoms with Gasteiger partial charge in [-0.2, -0.15) is 17.6 Å². The number of piperazine rings is 1. The van der Waals surface area contributed by atoms with Crippen molar-refractivity contribution < 1.29 is 30.8 Å². The van der Waals surface area contributed by atoms with Crippen LogP contribution in [0.25, 0.3) is 0 Å². The van der Waals surface area contributed by atoms with E-state index < -0.39 is 38.8 Å². The predicted molar refractivity (Wildman–Crippen MR) is 109 cm³/mol. The lowest BCUT2D eigenvalue weighted by Crippen LogP contribution is -2.53. The fourth-order valence-electron chi connectivity index (χ4n) is 4.01. The highest BCUT2D eigenvalue weighted by Gasteiger charge is 2.39. The van der Waals surface area contributed by atoms with Crippen LogP contribution in [0, 0.1) is 11.0 Å². The number of halogens is 4. The molecule has 0 aliphatic carbocycles. The molecule has 1 unspecified atom stereocenters. The van der Waals surface area contributed by atoms with Gasteiger partial charge in [0.2, 0.25) is 5.91 Å². The first-order valence-electron chi connectivity index (χ1n) is 9.94. The van der Waals surface area contributed by atoms with Crippen LogP contribution in [0.3, 0.4) is 0 Å². The minimum Gasteiger partial charge on any atom is -0.351 e. The monoisotopic (exact) mass is 492 g/mol. The number of anilines is 1. The number of alkyl halides is 3. The summed E-state index contributed by atoms with van der Waals surface area (Å²) in [5.41, 5.74) is -1.10. The van der Waals surface area contributed by atoms with Crippen LogP contribution in [0.2, 0.25) is 0 Å². The third-order valence-electron chi connectivity index (χ3n) is 5.74. The van der Waals surface area contributed by atoms with Crippen LogP contribution in [0.5, 0.6) is 0 Å². The molecule has 0 N–H and O–H groups in total. The molecule has 2 aliphatic heterocycles. The van der Waals surface area contributed by atoms with E-state index in [1.54, 1.807) is 15.9 Å². The van der Waals surface area contributed by atoms with E-state index in [-0.39, 0.29) is 49.2 Å². The Hall–Kier alpha value is -2.28. The average Bonchev–Trinajstić information content (AvgIpc) is 3.18. The van der Waals surface area contributed by atoms with Gasteiger partial charge in [0.15, 0.2) is 10.8 Å². The van der Waals surface area contributed by atoms with E-state index in [2.05, 4.69) is 9.97 Å². The molecule has 2 fully saturated rings. The zero-order chi connectivity index (χ0) is 23.1. The molecule has 2 saturated heterocycles.